The van der Waals surface area contributed by atoms with Crippen LogP contribution in [0.5, 0.6) is 0 Å². The Bertz CT molecular complexity index is 617. The summed E-state index contributed by atoms with van der Waals surface area (Å²) in [6.07, 6.45) is 2.52. The third-order valence-electron chi connectivity index (χ3n) is 4.06. The Hall–Kier alpha value is -1.67. The van der Waals surface area contributed by atoms with Crippen molar-refractivity contribution in [3.63, 3.8) is 0 Å². The number of rotatable bonds is 4. The molecule has 0 aromatic heterocycles. The molecule has 0 radical (unpaired) electrons. The fraction of sp³-hybridized carbons (Fsp3) is 0.333. The standard InChI is InChI=1S/C18H19FO/c1-12-9-17(19)8-7-14(12)11-18(20)16-4-2-3-15(10-16)13-5-6-13/h2-4,7-10,13,18,20H,5-6,11H2,1H3. The maximum absolute atomic E-state index is 13.1. The molecule has 2 aromatic rings. The fourth-order valence-corrected chi connectivity index (χ4v) is 2.65. The maximum Gasteiger partial charge on any atom is 0.123 e. The van der Waals surface area contributed by atoms with Crippen LogP contribution in [0.15, 0.2) is 42.5 Å². The molecule has 0 spiro atoms. The lowest BCUT2D eigenvalue weighted by Crippen LogP contribution is -2.04. The van der Waals surface area contributed by atoms with Crippen LogP contribution < -0.4 is 0 Å². The lowest BCUT2D eigenvalue weighted by molar-refractivity contribution is 0.178. The van der Waals surface area contributed by atoms with Gasteiger partial charge in [-0.3, -0.25) is 0 Å². The highest BCUT2D eigenvalue weighted by Gasteiger charge is 2.24. The van der Waals surface area contributed by atoms with Gasteiger partial charge in [0, 0.05) is 6.42 Å². The second-order valence-corrected chi connectivity index (χ2v) is 5.74. The molecule has 2 aromatic carbocycles. The summed E-state index contributed by atoms with van der Waals surface area (Å²) in [4.78, 5) is 0. The SMILES string of the molecule is Cc1cc(F)ccc1CC(O)c1cccc(C2CC2)c1. The first-order valence-electron chi connectivity index (χ1n) is 7.16. The molecule has 0 heterocycles. The van der Waals surface area contributed by atoms with E-state index in [9.17, 15) is 9.50 Å². The largest absolute Gasteiger partial charge is 0.388 e. The van der Waals surface area contributed by atoms with Gasteiger partial charge >= 0.3 is 0 Å². The molecule has 1 aliphatic carbocycles. The zero-order chi connectivity index (χ0) is 14.1. The smallest absolute Gasteiger partial charge is 0.123 e. The topological polar surface area (TPSA) is 20.2 Å². The molecule has 1 atom stereocenters. The molecule has 1 N–H and O–H groups in total. The third kappa shape index (κ3) is 2.91. The number of halogens is 1. The van der Waals surface area contributed by atoms with Gasteiger partial charge in [-0.25, -0.2) is 4.39 Å². The van der Waals surface area contributed by atoms with Gasteiger partial charge in [0.05, 0.1) is 6.10 Å². The summed E-state index contributed by atoms with van der Waals surface area (Å²) in [6.45, 7) is 1.88. The first kappa shape index (κ1) is 13.3. The van der Waals surface area contributed by atoms with Gasteiger partial charge in [0.2, 0.25) is 0 Å². The van der Waals surface area contributed by atoms with Crippen molar-refractivity contribution in [2.45, 2.75) is 38.2 Å². The van der Waals surface area contributed by atoms with Gasteiger partial charge < -0.3 is 5.11 Å². The van der Waals surface area contributed by atoms with Gasteiger partial charge in [-0.2, -0.15) is 0 Å². The molecule has 3 rings (SSSR count). The Kier molecular flexibility index (Phi) is 3.58. The molecule has 1 aliphatic rings. The fourth-order valence-electron chi connectivity index (χ4n) is 2.65. The van der Waals surface area contributed by atoms with Gasteiger partial charge in [-0.1, -0.05) is 30.3 Å². The van der Waals surface area contributed by atoms with E-state index >= 15 is 0 Å². The Morgan fingerprint density at radius 3 is 2.70 bits per heavy atom. The highest BCUT2D eigenvalue weighted by Crippen LogP contribution is 2.40. The first-order chi connectivity index (χ1) is 9.63. The molecule has 104 valence electrons. The molecule has 1 saturated carbocycles. The van der Waals surface area contributed by atoms with Crippen molar-refractivity contribution in [3.05, 3.63) is 70.5 Å². The average Bonchev–Trinajstić information content (AvgIpc) is 3.26. The number of aliphatic hydroxyl groups excluding tert-OH is 1. The number of aliphatic hydroxyl groups is 1. The van der Waals surface area contributed by atoms with Gasteiger partial charge in [0.25, 0.3) is 0 Å². The second-order valence-electron chi connectivity index (χ2n) is 5.74. The molecule has 20 heavy (non-hydrogen) atoms. The highest BCUT2D eigenvalue weighted by molar-refractivity contribution is 5.33. The number of benzene rings is 2. The summed E-state index contributed by atoms with van der Waals surface area (Å²) in [5.41, 5.74) is 4.17. The Morgan fingerprint density at radius 2 is 2.00 bits per heavy atom. The molecule has 0 aliphatic heterocycles. The minimum atomic E-state index is -0.530. The summed E-state index contributed by atoms with van der Waals surface area (Å²) >= 11 is 0. The Morgan fingerprint density at radius 1 is 1.20 bits per heavy atom. The van der Waals surface area contributed by atoms with E-state index in [1.807, 2.05) is 19.1 Å². The van der Waals surface area contributed by atoms with Crippen LogP contribution in [0.25, 0.3) is 0 Å². The van der Waals surface area contributed by atoms with Crippen LogP contribution in [0.4, 0.5) is 4.39 Å². The first-order valence-corrected chi connectivity index (χ1v) is 7.16. The average molecular weight is 270 g/mol. The number of aryl methyl sites for hydroxylation is 1. The molecule has 1 nitrogen and oxygen atoms in total. The summed E-state index contributed by atoms with van der Waals surface area (Å²) in [6, 6.07) is 13.0. The van der Waals surface area contributed by atoms with Crippen LogP contribution in [-0.2, 0) is 6.42 Å². The minimum Gasteiger partial charge on any atom is -0.388 e. The number of hydrogen-bond donors (Lipinski definition) is 1. The van der Waals surface area contributed by atoms with Crippen molar-refractivity contribution in [1.29, 1.82) is 0 Å². The molecule has 1 unspecified atom stereocenters. The van der Waals surface area contributed by atoms with E-state index in [1.165, 1.54) is 30.5 Å². The van der Waals surface area contributed by atoms with E-state index in [4.69, 9.17) is 0 Å². The van der Waals surface area contributed by atoms with Gasteiger partial charge in [0.15, 0.2) is 0 Å². The Balaban J connectivity index is 1.78. The predicted octanol–water partition coefficient (Wildman–Crippen LogP) is 4.29. The van der Waals surface area contributed by atoms with Crippen molar-refractivity contribution in [3.8, 4) is 0 Å². The predicted molar refractivity (Wildman–Crippen MR) is 78.2 cm³/mol. The van der Waals surface area contributed by atoms with Crippen molar-refractivity contribution in [2.24, 2.45) is 0 Å². The van der Waals surface area contributed by atoms with Crippen molar-refractivity contribution in [2.75, 3.05) is 0 Å². The van der Waals surface area contributed by atoms with Crippen LogP contribution >= 0.6 is 0 Å². The van der Waals surface area contributed by atoms with Crippen molar-refractivity contribution >= 4 is 0 Å². The lowest BCUT2D eigenvalue weighted by atomic mass is 9.96. The van der Waals surface area contributed by atoms with E-state index in [-0.39, 0.29) is 5.82 Å². The van der Waals surface area contributed by atoms with E-state index in [0.717, 1.165) is 16.7 Å². The van der Waals surface area contributed by atoms with Gasteiger partial charge in [-0.15, -0.1) is 0 Å². The summed E-state index contributed by atoms with van der Waals surface area (Å²) in [5.74, 6) is 0.464. The molecule has 0 bridgehead atoms. The third-order valence-corrected chi connectivity index (χ3v) is 4.06. The van der Waals surface area contributed by atoms with Crippen molar-refractivity contribution in [1.82, 2.24) is 0 Å². The molecule has 0 saturated heterocycles. The van der Waals surface area contributed by atoms with Gasteiger partial charge in [-0.05, 0) is 60.1 Å². The van der Waals surface area contributed by atoms with Crippen LogP contribution in [-0.4, -0.2) is 5.11 Å². The van der Waals surface area contributed by atoms with E-state index < -0.39 is 6.10 Å². The minimum absolute atomic E-state index is 0.225. The van der Waals surface area contributed by atoms with Crippen LogP contribution in [0, 0.1) is 12.7 Å². The zero-order valence-corrected chi connectivity index (χ0v) is 11.6. The number of hydrogen-bond acceptors (Lipinski definition) is 1. The summed E-state index contributed by atoms with van der Waals surface area (Å²) in [5, 5.41) is 10.4. The molecular formula is C18H19FO. The normalized spacial score (nSPS) is 16.1. The monoisotopic (exact) mass is 270 g/mol. The molecule has 0 amide bonds. The van der Waals surface area contributed by atoms with Gasteiger partial charge in [0.1, 0.15) is 5.82 Å². The molecule has 2 heteroatoms. The van der Waals surface area contributed by atoms with Crippen LogP contribution in [0.1, 0.15) is 47.1 Å². The second kappa shape index (κ2) is 5.37. The van der Waals surface area contributed by atoms with E-state index in [1.54, 1.807) is 6.07 Å². The lowest BCUT2D eigenvalue weighted by Gasteiger charge is -2.14. The zero-order valence-electron chi connectivity index (χ0n) is 11.6. The molecule has 1 fully saturated rings. The highest BCUT2D eigenvalue weighted by atomic mass is 19.1. The quantitative estimate of drug-likeness (QED) is 0.878. The van der Waals surface area contributed by atoms with Crippen LogP contribution in [0.2, 0.25) is 0 Å². The summed E-state index contributed by atoms with van der Waals surface area (Å²) in [7, 11) is 0. The molecular weight excluding hydrogens is 251 g/mol. The van der Waals surface area contributed by atoms with Crippen LogP contribution in [0.3, 0.4) is 0 Å². The maximum atomic E-state index is 13.1. The Labute approximate surface area is 119 Å². The van der Waals surface area contributed by atoms with E-state index in [0.29, 0.717) is 12.3 Å². The van der Waals surface area contributed by atoms with E-state index in [2.05, 4.69) is 12.1 Å². The van der Waals surface area contributed by atoms with Crippen molar-refractivity contribution < 1.29 is 9.50 Å². The summed E-state index contributed by atoms with van der Waals surface area (Å²) < 4.78 is 13.1.